The van der Waals surface area contributed by atoms with E-state index >= 15 is 0 Å². The number of carbonyl (C=O) groups excluding carboxylic acids is 2. The van der Waals surface area contributed by atoms with Gasteiger partial charge in [0.1, 0.15) is 18.3 Å². The van der Waals surface area contributed by atoms with Crippen molar-refractivity contribution in [2.75, 3.05) is 6.54 Å². The maximum atomic E-state index is 12.1. The molecule has 21 heavy (non-hydrogen) atoms. The molecule has 0 aliphatic carbocycles. The van der Waals surface area contributed by atoms with E-state index in [2.05, 4.69) is 10.6 Å². The van der Waals surface area contributed by atoms with Crippen molar-refractivity contribution < 1.29 is 19.5 Å². The van der Waals surface area contributed by atoms with Crippen LogP contribution in [0.1, 0.15) is 31.3 Å². The highest BCUT2D eigenvalue weighted by Gasteiger charge is 2.19. The van der Waals surface area contributed by atoms with Crippen molar-refractivity contribution >= 4 is 17.8 Å². The molecule has 0 aliphatic rings. The summed E-state index contributed by atoms with van der Waals surface area (Å²) in [5, 5.41) is 14.0. The molecule has 0 bridgehead atoms. The van der Waals surface area contributed by atoms with Crippen LogP contribution in [0.4, 0.5) is 0 Å². The first-order valence-electron chi connectivity index (χ1n) is 6.76. The lowest BCUT2D eigenvalue weighted by Crippen LogP contribution is -2.46. The lowest BCUT2D eigenvalue weighted by molar-refractivity contribution is -0.137. The topological polar surface area (TPSA) is 100 Å². The molecule has 1 aromatic rings. The summed E-state index contributed by atoms with van der Waals surface area (Å²) in [5.74, 6) is -1.46. The van der Waals surface area contributed by atoms with Gasteiger partial charge in [-0.3, -0.25) is 14.4 Å². The van der Waals surface area contributed by atoms with Crippen molar-refractivity contribution in [3.8, 4) is 0 Å². The number of aliphatic carboxylic acids is 1. The quantitative estimate of drug-likeness (QED) is 0.680. The monoisotopic (exact) mass is 295 g/mol. The van der Waals surface area contributed by atoms with Gasteiger partial charge in [0.2, 0.25) is 5.91 Å². The van der Waals surface area contributed by atoms with Crippen molar-refractivity contribution in [2.45, 2.75) is 33.4 Å². The van der Waals surface area contributed by atoms with Gasteiger partial charge in [-0.25, -0.2) is 0 Å². The van der Waals surface area contributed by atoms with Gasteiger partial charge < -0.3 is 20.3 Å². The van der Waals surface area contributed by atoms with Gasteiger partial charge in [-0.05, 0) is 25.0 Å². The molecule has 7 heteroatoms. The smallest absolute Gasteiger partial charge is 0.323 e. The van der Waals surface area contributed by atoms with E-state index < -0.39 is 17.9 Å². The van der Waals surface area contributed by atoms with E-state index in [-0.39, 0.29) is 18.1 Å². The van der Waals surface area contributed by atoms with E-state index in [4.69, 9.17) is 5.11 Å². The number of hydrogen-bond acceptors (Lipinski definition) is 3. The average molecular weight is 295 g/mol. The third-order valence-electron chi connectivity index (χ3n) is 2.79. The maximum absolute atomic E-state index is 12.1. The number of aromatic nitrogens is 1. The Bertz CT molecular complexity index is 522. The van der Waals surface area contributed by atoms with Crippen molar-refractivity contribution in [3.05, 3.63) is 24.0 Å². The molecule has 1 rings (SSSR count). The predicted octanol–water partition coefficient (Wildman–Crippen LogP) is 0.463. The minimum Gasteiger partial charge on any atom is -0.480 e. The van der Waals surface area contributed by atoms with Crippen LogP contribution < -0.4 is 10.6 Å². The molecule has 1 aromatic heterocycles. The summed E-state index contributed by atoms with van der Waals surface area (Å²) in [6.07, 6.45) is 1.51. The zero-order chi connectivity index (χ0) is 16.0. The zero-order valence-corrected chi connectivity index (χ0v) is 12.4. The van der Waals surface area contributed by atoms with Crippen LogP contribution in [-0.2, 0) is 16.1 Å². The predicted molar refractivity (Wildman–Crippen MR) is 76.8 cm³/mol. The van der Waals surface area contributed by atoms with Crippen LogP contribution in [-0.4, -0.2) is 40.0 Å². The van der Waals surface area contributed by atoms with E-state index in [1.807, 2.05) is 13.8 Å². The Morgan fingerprint density at radius 1 is 1.29 bits per heavy atom. The largest absolute Gasteiger partial charge is 0.480 e. The number of carbonyl (C=O) groups is 3. The Labute approximate surface area is 123 Å². The normalized spacial score (nSPS) is 12.0. The Morgan fingerprint density at radius 3 is 2.52 bits per heavy atom. The molecule has 116 valence electrons. The number of hydrogen-bond donors (Lipinski definition) is 3. The maximum Gasteiger partial charge on any atom is 0.323 e. The molecule has 0 saturated carbocycles. The highest BCUT2D eigenvalue weighted by atomic mass is 16.4. The van der Waals surface area contributed by atoms with Crippen LogP contribution in [0.25, 0.3) is 0 Å². The molecule has 2 amide bonds. The van der Waals surface area contributed by atoms with Crippen LogP contribution >= 0.6 is 0 Å². The first-order valence-corrected chi connectivity index (χ1v) is 6.76. The first-order chi connectivity index (χ1) is 9.81. The molecule has 1 atom stereocenters. The van der Waals surface area contributed by atoms with E-state index in [1.165, 1.54) is 16.8 Å². The summed E-state index contributed by atoms with van der Waals surface area (Å²) >= 11 is 0. The van der Waals surface area contributed by atoms with Crippen molar-refractivity contribution in [3.63, 3.8) is 0 Å². The average Bonchev–Trinajstić information content (AvgIpc) is 2.82. The SMILES string of the molecule is CC(C)CNC(=O)C(C)NC(=O)c1cccn1CC(=O)O. The summed E-state index contributed by atoms with van der Waals surface area (Å²) in [6.45, 7) is 5.76. The first kappa shape index (κ1) is 16.7. The van der Waals surface area contributed by atoms with Crippen LogP contribution in [0.5, 0.6) is 0 Å². The molecule has 0 spiro atoms. The Kier molecular flexibility index (Phi) is 5.95. The molecule has 1 heterocycles. The molecule has 0 aromatic carbocycles. The Balaban J connectivity index is 2.62. The van der Waals surface area contributed by atoms with Crippen molar-refractivity contribution in [1.29, 1.82) is 0 Å². The minimum absolute atomic E-state index is 0.209. The third kappa shape index (κ3) is 5.29. The molecule has 7 nitrogen and oxygen atoms in total. The van der Waals surface area contributed by atoms with Crippen molar-refractivity contribution in [2.24, 2.45) is 5.92 Å². The zero-order valence-electron chi connectivity index (χ0n) is 12.4. The van der Waals surface area contributed by atoms with Gasteiger partial charge in [0.15, 0.2) is 0 Å². The Hall–Kier alpha value is -2.31. The van der Waals surface area contributed by atoms with Gasteiger partial charge in [0.05, 0.1) is 0 Å². The van der Waals surface area contributed by atoms with Crippen LogP contribution in [0, 0.1) is 5.92 Å². The number of nitrogens with zero attached hydrogens (tertiary/aromatic N) is 1. The Morgan fingerprint density at radius 2 is 1.95 bits per heavy atom. The number of carboxylic acids is 1. The number of amides is 2. The third-order valence-corrected chi connectivity index (χ3v) is 2.79. The molecule has 0 fully saturated rings. The van der Waals surface area contributed by atoms with Crippen LogP contribution in [0.15, 0.2) is 18.3 Å². The molecule has 0 aliphatic heterocycles. The fraction of sp³-hybridized carbons (Fsp3) is 0.500. The van der Waals surface area contributed by atoms with Crippen LogP contribution in [0.3, 0.4) is 0 Å². The molecule has 1 unspecified atom stereocenters. The van der Waals surface area contributed by atoms with Gasteiger partial charge in [-0.1, -0.05) is 13.8 Å². The number of nitrogens with one attached hydrogen (secondary N) is 2. The second kappa shape index (κ2) is 7.47. The second-order valence-electron chi connectivity index (χ2n) is 5.25. The fourth-order valence-electron chi connectivity index (χ4n) is 1.70. The van der Waals surface area contributed by atoms with E-state index in [0.29, 0.717) is 12.5 Å². The fourth-order valence-corrected chi connectivity index (χ4v) is 1.70. The van der Waals surface area contributed by atoms with E-state index in [1.54, 1.807) is 13.0 Å². The number of rotatable bonds is 7. The highest BCUT2D eigenvalue weighted by Crippen LogP contribution is 2.03. The van der Waals surface area contributed by atoms with E-state index in [9.17, 15) is 14.4 Å². The van der Waals surface area contributed by atoms with Crippen molar-refractivity contribution in [1.82, 2.24) is 15.2 Å². The number of carboxylic acid groups (broad SMARTS) is 1. The summed E-state index contributed by atoms with van der Waals surface area (Å²) in [7, 11) is 0. The van der Waals surface area contributed by atoms with Crippen LogP contribution in [0.2, 0.25) is 0 Å². The second-order valence-corrected chi connectivity index (χ2v) is 5.25. The summed E-state index contributed by atoms with van der Waals surface area (Å²) in [6, 6.07) is 2.41. The van der Waals surface area contributed by atoms with Gasteiger partial charge in [0, 0.05) is 12.7 Å². The molecular weight excluding hydrogens is 274 g/mol. The van der Waals surface area contributed by atoms with Gasteiger partial charge in [-0.15, -0.1) is 0 Å². The molecule has 0 saturated heterocycles. The summed E-state index contributed by atoms with van der Waals surface area (Å²) in [4.78, 5) is 34.5. The summed E-state index contributed by atoms with van der Waals surface area (Å²) in [5.41, 5.74) is 0.209. The lowest BCUT2D eigenvalue weighted by atomic mass is 10.2. The molecular formula is C14H21N3O4. The highest BCUT2D eigenvalue weighted by molar-refractivity contribution is 5.96. The van der Waals surface area contributed by atoms with Gasteiger partial charge in [-0.2, -0.15) is 0 Å². The lowest BCUT2D eigenvalue weighted by Gasteiger charge is -2.15. The summed E-state index contributed by atoms with van der Waals surface area (Å²) < 4.78 is 1.32. The van der Waals surface area contributed by atoms with Gasteiger partial charge >= 0.3 is 5.97 Å². The van der Waals surface area contributed by atoms with Gasteiger partial charge in [0.25, 0.3) is 5.91 Å². The minimum atomic E-state index is -1.04. The molecule has 3 N–H and O–H groups in total. The van der Waals surface area contributed by atoms with E-state index in [0.717, 1.165) is 0 Å². The standard InChI is InChI=1S/C14H21N3O4/c1-9(2)7-15-13(20)10(3)16-14(21)11-5-4-6-17(11)8-12(18)19/h4-6,9-10H,7-8H2,1-3H3,(H,15,20)(H,16,21)(H,18,19). The molecule has 0 radical (unpaired) electrons.